The van der Waals surface area contributed by atoms with Gasteiger partial charge in [0.2, 0.25) is 5.91 Å². The van der Waals surface area contributed by atoms with Crippen LogP contribution in [-0.4, -0.2) is 20.5 Å². The van der Waals surface area contributed by atoms with Gasteiger partial charge in [-0.1, -0.05) is 29.8 Å². The molecule has 6 nitrogen and oxygen atoms in total. The van der Waals surface area contributed by atoms with Crippen molar-refractivity contribution in [3.63, 3.8) is 0 Å². The minimum absolute atomic E-state index is 0.130. The molecule has 0 heterocycles. The Morgan fingerprint density at radius 3 is 2.38 bits per heavy atom. The maximum absolute atomic E-state index is 13.2. The monoisotopic (exact) mass is 514 g/mol. The van der Waals surface area contributed by atoms with Gasteiger partial charge >= 0.3 is 16.3 Å². The number of rotatable bonds is 7. The molecule has 0 unspecified atom stereocenters. The summed E-state index contributed by atoms with van der Waals surface area (Å²) in [6, 6.07) is 12.5. The molecule has 0 atom stereocenters. The van der Waals surface area contributed by atoms with Gasteiger partial charge in [0, 0.05) is 5.56 Å². The second kappa shape index (κ2) is 10.2. The topological polar surface area (TPSA) is 84.8 Å². The molecule has 3 aromatic rings. The van der Waals surface area contributed by atoms with Crippen LogP contribution in [0.15, 0.2) is 76.7 Å². The summed E-state index contributed by atoms with van der Waals surface area (Å²) in [6.45, 7) is 0. The Kier molecular flexibility index (Phi) is 7.57. The van der Waals surface area contributed by atoms with Crippen LogP contribution in [0.25, 0.3) is 0 Å². The molecule has 3 aromatic carbocycles. The minimum atomic E-state index is -4.61. The fourth-order valence-electron chi connectivity index (χ4n) is 2.69. The lowest BCUT2D eigenvalue weighted by Crippen LogP contribution is -2.20. The average molecular weight is 515 g/mol. The van der Waals surface area contributed by atoms with Gasteiger partial charge in [0.15, 0.2) is 5.75 Å². The lowest BCUT2D eigenvalue weighted by atomic mass is 10.1. The Morgan fingerprint density at radius 2 is 1.74 bits per heavy atom. The van der Waals surface area contributed by atoms with Crippen molar-refractivity contribution < 1.29 is 35.0 Å². The summed E-state index contributed by atoms with van der Waals surface area (Å²) in [5.41, 5.74) is 1.85. The first-order valence-electron chi connectivity index (χ1n) is 9.42. The van der Waals surface area contributed by atoms with Gasteiger partial charge in [-0.05, 0) is 54.1 Å². The zero-order chi connectivity index (χ0) is 24.9. The number of halogens is 5. The van der Waals surface area contributed by atoms with Crippen LogP contribution in [-0.2, 0) is 27.5 Å². The van der Waals surface area contributed by atoms with Crippen molar-refractivity contribution in [1.29, 1.82) is 0 Å². The third-order valence-corrected chi connectivity index (χ3v) is 5.87. The highest BCUT2D eigenvalue weighted by Crippen LogP contribution is 2.30. The number of benzene rings is 3. The highest BCUT2D eigenvalue weighted by molar-refractivity contribution is 7.87. The number of carbonyl (C=O) groups excluding carboxylic acids is 1. The average Bonchev–Trinajstić information content (AvgIpc) is 2.77. The summed E-state index contributed by atoms with van der Waals surface area (Å²) in [5, 5.41) is 3.62. The van der Waals surface area contributed by atoms with Crippen LogP contribution in [0.4, 0.5) is 17.6 Å². The molecule has 0 spiro atoms. The summed E-state index contributed by atoms with van der Waals surface area (Å²) in [7, 11) is -4.45. The molecule has 0 aromatic heterocycles. The summed E-state index contributed by atoms with van der Waals surface area (Å²) in [5.74, 6) is -1.33. The smallest absolute Gasteiger partial charge is 0.378 e. The van der Waals surface area contributed by atoms with E-state index < -0.39 is 38.5 Å². The van der Waals surface area contributed by atoms with Gasteiger partial charge in [0.05, 0.1) is 23.2 Å². The molecule has 1 N–H and O–H groups in total. The molecule has 0 fully saturated rings. The van der Waals surface area contributed by atoms with Crippen LogP contribution in [0.1, 0.15) is 16.7 Å². The molecule has 0 aliphatic rings. The fourth-order valence-corrected chi connectivity index (χ4v) is 3.85. The van der Waals surface area contributed by atoms with Crippen molar-refractivity contribution in [1.82, 2.24) is 5.43 Å². The maximum atomic E-state index is 13.2. The SMILES string of the molecule is O=C(Cc1ccc(F)c(Cl)c1)N/N=C/c1ccccc1OS(=O)(=O)c1ccc(C(F)(F)F)cc1. The number of nitrogens with one attached hydrogen (secondary N) is 1. The van der Waals surface area contributed by atoms with E-state index in [1.165, 1.54) is 30.3 Å². The molecule has 0 saturated carbocycles. The number of alkyl halides is 3. The van der Waals surface area contributed by atoms with Gasteiger partial charge in [0.25, 0.3) is 0 Å². The van der Waals surface area contributed by atoms with E-state index in [-0.39, 0.29) is 22.8 Å². The third kappa shape index (κ3) is 6.55. The van der Waals surface area contributed by atoms with Gasteiger partial charge in [-0.2, -0.15) is 26.7 Å². The minimum Gasteiger partial charge on any atom is -0.378 e. The lowest BCUT2D eigenvalue weighted by molar-refractivity contribution is -0.137. The predicted octanol–water partition coefficient (Wildman–Crippen LogP) is 4.96. The number of hydrogen-bond acceptors (Lipinski definition) is 5. The fraction of sp³-hybridized carbons (Fsp3) is 0.0909. The summed E-state index contributed by atoms with van der Waals surface area (Å²) >= 11 is 5.67. The largest absolute Gasteiger partial charge is 0.416 e. The summed E-state index contributed by atoms with van der Waals surface area (Å²) in [4.78, 5) is 11.6. The molecular weight excluding hydrogens is 500 g/mol. The number of nitrogens with zero attached hydrogens (tertiary/aromatic N) is 1. The number of amides is 1. The van der Waals surface area contributed by atoms with E-state index in [1.807, 2.05) is 0 Å². The number of hydrazone groups is 1. The highest BCUT2D eigenvalue weighted by atomic mass is 35.5. The van der Waals surface area contributed by atoms with Crippen LogP contribution in [0.5, 0.6) is 5.75 Å². The highest BCUT2D eigenvalue weighted by Gasteiger charge is 2.31. The summed E-state index contributed by atoms with van der Waals surface area (Å²) < 4.78 is 81.4. The molecule has 0 aliphatic heterocycles. The first-order chi connectivity index (χ1) is 16.0. The molecule has 0 bridgehead atoms. The normalized spacial score (nSPS) is 12.0. The zero-order valence-electron chi connectivity index (χ0n) is 17.0. The van der Waals surface area contributed by atoms with E-state index >= 15 is 0 Å². The van der Waals surface area contributed by atoms with Gasteiger partial charge in [-0.25, -0.2) is 9.82 Å². The molecule has 3 rings (SSSR count). The van der Waals surface area contributed by atoms with Crippen molar-refractivity contribution in [2.45, 2.75) is 17.5 Å². The maximum Gasteiger partial charge on any atom is 0.416 e. The molecule has 0 saturated heterocycles. The molecule has 1 amide bonds. The molecule has 0 aliphatic carbocycles. The zero-order valence-corrected chi connectivity index (χ0v) is 18.6. The van der Waals surface area contributed by atoms with E-state index in [9.17, 15) is 30.8 Å². The van der Waals surface area contributed by atoms with Gasteiger partial charge in [-0.3, -0.25) is 4.79 Å². The molecule has 34 heavy (non-hydrogen) atoms. The first-order valence-corrected chi connectivity index (χ1v) is 11.2. The van der Waals surface area contributed by atoms with Crippen LogP contribution in [0, 0.1) is 5.82 Å². The quantitative estimate of drug-likeness (QED) is 0.209. The number of carbonyl (C=O) groups is 1. The van der Waals surface area contributed by atoms with Gasteiger partial charge in [0.1, 0.15) is 10.7 Å². The second-order valence-electron chi connectivity index (χ2n) is 6.82. The Bertz CT molecular complexity index is 1330. The van der Waals surface area contributed by atoms with Gasteiger partial charge < -0.3 is 4.18 Å². The Morgan fingerprint density at radius 1 is 1.06 bits per heavy atom. The Balaban J connectivity index is 1.69. The molecule has 0 radical (unpaired) electrons. The van der Waals surface area contributed by atoms with Crippen molar-refractivity contribution in [2.24, 2.45) is 5.10 Å². The van der Waals surface area contributed by atoms with E-state index in [2.05, 4.69) is 10.5 Å². The van der Waals surface area contributed by atoms with Crippen LogP contribution in [0.2, 0.25) is 5.02 Å². The molecule has 12 heteroatoms. The van der Waals surface area contributed by atoms with E-state index in [0.717, 1.165) is 24.4 Å². The lowest BCUT2D eigenvalue weighted by Gasteiger charge is -2.11. The standard InChI is InChI=1S/C22H15ClF4N2O4S/c23-18-11-14(5-10-19(18)24)12-21(30)29-28-13-15-3-1-2-4-20(15)33-34(31,32)17-8-6-16(7-9-17)22(25,26)27/h1-11,13H,12H2,(H,29,30)/b28-13+. The Labute approximate surface area is 196 Å². The predicted molar refractivity (Wildman–Crippen MR) is 117 cm³/mol. The van der Waals surface area contributed by atoms with Crippen LogP contribution < -0.4 is 9.61 Å². The van der Waals surface area contributed by atoms with Gasteiger partial charge in [-0.15, -0.1) is 0 Å². The number of para-hydroxylation sites is 1. The van der Waals surface area contributed by atoms with Crippen LogP contribution >= 0.6 is 11.6 Å². The summed E-state index contributed by atoms with van der Waals surface area (Å²) in [6.07, 6.45) is -3.62. The van der Waals surface area contributed by atoms with E-state index in [4.69, 9.17) is 15.8 Å². The Hall–Kier alpha value is -3.44. The van der Waals surface area contributed by atoms with Crippen molar-refractivity contribution in [3.8, 4) is 5.75 Å². The second-order valence-corrected chi connectivity index (χ2v) is 8.77. The third-order valence-electron chi connectivity index (χ3n) is 4.33. The molecule has 178 valence electrons. The van der Waals surface area contributed by atoms with Crippen molar-refractivity contribution in [2.75, 3.05) is 0 Å². The first kappa shape index (κ1) is 25.2. The van der Waals surface area contributed by atoms with Crippen LogP contribution in [0.3, 0.4) is 0 Å². The van der Waals surface area contributed by atoms with E-state index in [1.54, 1.807) is 6.07 Å². The van der Waals surface area contributed by atoms with Crippen molar-refractivity contribution >= 4 is 33.8 Å². The van der Waals surface area contributed by atoms with E-state index in [0.29, 0.717) is 17.7 Å². The van der Waals surface area contributed by atoms with Crippen molar-refractivity contribution in [3.05, 3.63) is 94.3 Å². The number of hydrogen-bond donors (Lipinski definition) is 1. The molecular formula is C22H15ClF4N2O4S.